The first-order chi connectivity index (χ1) is 5.57. The van der Waals surface area contributed by atoms with E-state index in [9.17, 15) is 0 Å². The highest BCUT2D eigenvalue weighted by Crippen LogP contribution is 2.38. The van der Waals surface area contributed by atoms with E-state index in [1.165, 1.54) is 6.92 Å². The summed E-state index contributed by atoms with van der Waals surface area (Å²) in [6.07, 6.45) is 0. The molecule has 0 bridgehead atoms. The van der Waals surface area contributed by atoms with Gasteiger partial charge >= 0.3 is 0 Å². The van der Waals surface area contributed by atoms with Crippen molar-refractivity contribution in [2.45, 2.75) is 6.92 Å². The van der Waals surface area contributed by atoms with E-state index in [0.29, 0.717) is 0 Å². The van der Waals surface area contributed by atoms with Crippen molar-refractivity contribution in [3.05, 3.63) is 17.2 Å². The normalized spacial score (nSPS) is 9.33. The Kier molecular flexibility index (Phi) is 1.80. The van der Waals surface area contributed by atoms with Gasteiger partial charge in [-0.15, -0.1) is 0 Å². The second kappa shape index (κ2) is 2.62. The average molecular weight is 165 g/mol. The van der Waals surface area contributed by atoms with Gasteiger partial charge in [0.1, 0.15) is 0 Å². The number of rotatable bonds is 0. The van der Waals surface area contributed by atoms with E-state index in [2.05, 4.69) is 0 Å². The topological polar surface area (TPSA) is 84.5 Å². The third kappa shape index (κ3) is 1.01. The highest BCUT2D eigenvalue weighted by Gasteiger charge is 2.12. The van der Waals surface area contributed by atoms with Crippen LogP contribution in [-0.2, 0) is 0 Å². The Morgan fingerprint density at radius 3 is 2.33 bits per heavy atom. The van der Waals surface area contributed by atoms with Gasteiger partial charge in [-0.3, -0.25) is 0 Å². The van der Waals surface area contributed by atoms with Crippen molar-refractivity contribution < 1.29 is 15.3 Å². The summed E-state index contributed by atoms with van der Waals surface area (Å²) >= 11 is 0. The molecule has 0 heterocycles. The minimum absolute atomic E-state index is 0.141. The number of hydrogen-bond acceptors (Lipinski definition) is 4. The van der Waals surface area contributed by atoms with Crippen molar-refractivity contribution in [3.8, 4) is 23.3 Å². The van der Waals surface area contributed by atoms with Crippen LogP contribution < -0.4 is 0 Å². The standard InChI is InChI=1S/C8H7NO3/c1-4-5(3-9)2-6(10)8(12)7(4)11/h2,10-12H,1H3. The summed E-state index contributed by atoms with van der Waals surface area (Å²) < 4.78 is 0. The molecule has 0 aliphatic heterocycles. The maximum Gasteiger partial charge on any atom is 0.200 e. The zero-order chi connectivity index (χ0) is 9.30. The fraction of sp³-hybridized carbons (Fsp3) is 0.125. The van der Waals surface area contributed by atoms with Crippen LogP contribution in [0.25, 0.3) is 0 Å². The highest BCUT2D eigenvalue weighted by molar-refractivity contribution is 5.59. The monoisotopic (exact) mass is 165 g/mol. The van der Waals surface area contributed by atoms with Gasteiger partial charge in [0, 0.05) is 11.6 Å². The summed E-state index contributed by atoms with van der Waals surface area (Å²) in [5.74, 6) is -1.53. The van der Waals surface area contributed by atoms with E-state index in [1.807, 2.05) is 0 Å². The Hall–Kier alpha value is -1.89. The predicted molar refractivity (Wildman–Crippen MR) is 40.9 cm³/mol. The molecule has 0 radical (unpaired) electrons. The third-order valence-corrected chi connectivity index (χ3v) is 1.63. The highest BCUT2D eigenvalue weighted by atomic mass is 16.3. The second-order valence-corrected chi connectivity index (χ2v) is 2.38. The Morgan fingerprint density at radius 2 is 1.83 bits per heavy atom. The van der Waals surface area contributed by atoms with Crippen molar-refractivity contribution in [1.82, 2.24) is 0 Å². The number of phenolic OH excluding ortho intramolecular Hbond substituents is 3. The Bertz CT molecular complexity index is 366. The van der Waals surface area contributed by atoms with Gasteiger partial charge in [-0.05, 0) is 6.92 Å². The third-order valence-electron chi connectivity index (χ3n) is 1.63. The molecule has 0 aromatic heterocycles. The zero-order valence-corrected chi connectivity index (χ0v) is 6.37. The molecule has 1 rings (SSSR count). The van der Waals surface area contributed by atoms with Crippen molar-refractivity contribution >= 4 is 0 Å². The van der Waals surface area contributed by atoms with Crippen molar-refractivity contribution in [2.24, 2.45) is 0 Å². The largest absolute Gasteiger partial charge is 0.504 e. The molecular formula is C8H7NO3. The summed E-state index contributed by atoms with van der Waals surface area (Å²) in [7, 11) is 0. The number of hydrogen-bond donors (Lipinski definition) is 3. The molecule has 4 heteroatoms. The van der Waals surface area contributed by atoms with Gasteiger partial charge in [-0.2, -0.15) is 5.26 Å². The van der Waals surface area contributed by atoms with E-state index in [-0.39, 0.29) is 11.1 Å². The molecule has 62 valence electrons. The minimum Gasteiger partial charge on any atom is -0.504 e. The van der Waals surface area contributed by atoms with E-state index in [0.717, 1.165) is 6.07 Å². The molecular weight excluding hydrogens is 158 g/mol. The molecule has 3 N–H and O–H groups in total. The first-order valence-electron chi connectivity index (χ1n) is 3.22. The Morgan fingerprint density at radius 1 is 1.25 bits per heavy atom. The molecule has 0 aliphatic carbocycles. The van der Waals surface area contributed by atoms with Crippen LogP contribution in [0, 0.1) is 18.3 Å². The van der Waals surface area contributed by atoms with Crippen molar-refractivity contribution in [2.75, 3.05) is 0 Å². The fourth-order valence-corrected chi connectivity index (χ4v) is 0.856. The maximum absolute atomic E-state index is 9.14. The lowest BCUT2D eigenvalue weighted by atomic mass is 10.1. The minimum atomic E-state index is -0.591. The number of phenols is 3. The molecule has 0 atom stereocenters. The number of aromatic hydroxyl groups is 3. The van der Waals surface area contributed by atoms with E-state index < -0.39 is 17.2 Å². The van der Waals surface area contributed by atoms with Gasteiger partial charge in [-0.25, -0.2) is 0 Å². The molecule has 4 nitrogen and oxygen atoms in total. The molecule has 0 amide bonds. The van der Waals surface area contributed by atoms with Gasteiger partial charge in [-0.1, -0.05) is 0 Å². The Labute approximate surface area is 68.9 Å². The average Bonchev–Trinajstić information content (AvgIpc) is 2.08. The zero-order valence-electron chi connectivity index (χ0n) is 6.37. The van der Waals surface area contributed by atoms with Gasteiger partial charge in [0.2, 0.25) is 5.75 Å². The first-order valence-corrected chi connectivity index (χ1v) is 3.22. The first kappa shape index (κ1) is 8.21. The van der Waals surface area contributed by atoms with Crippen molar-refractivity contribution in [3.63, 3.8) is 0 Å². The molecule has 0 saturated carbocycles. The molecule has 12 heavy (non-hydrogen) atoms. The number of nitriles is 1. The number of benzene rings is 1. The lowest BCUT2D eigenvalue weighted by Crippen LogP contribution is -1.83. The van der Waals surface area contributed by atoms with Gasteiger partial charge in [0.15, 0.2) is 11.5 Å². The van der Waals surface area contributed by atoms with Gasteiger partial charge in [0.25, 0.3) is 0 Å². The van der Waals surface area contributed by atoms with Crippen LogP contribution in [0.2, 0.25) is 0 Å². The van der Waals surface area contributed by atoms with Crippen LogP contribution in [0.4, 0.5) is 0 Å². The number of nitrogens with zero attached hydrogens (tertiary/aromatic N) is 1. The van der Waals surface area contributed by atoms with Crippen molar-refractivity contribution in [1.29, 1.82) is 5.26 Å². The Balaban J connectivity index is 3.52. The van der Waals surface area contributed by atoms with E-state index in [1.54, 1.807) is 6.07 Å². The molecule has 0 unspecified atom stereocenters. The van der Waals surface area contributed by atoms with Crippen LogP contribution in [0.3, 0.4) is 0 Å². The van der Waals surface area contributed by atoms with Crippen LogP contribution in [-0.4, -0.2) is 15.3 Å². The quantitative estimate of drug-likeness (QED) is 0.500. The van der Waals surface area contributed by atoms with Crippen LogP contribution >= 0.6 is 0 Å². The molecule has 0 aliphatic rings. The molecule has 0 fully saturated rings. The summed E-state index contributed by atoms with van der Waals surface area (Å²) in [5.41, 5.74) is 0.399. The van der Waals surface area contributed by atoms with Crippen LogP contribution in [0.1, 0.15) is 11.1 Å². The van der Waals surface area contributed by atoms with E-state index in [4.69, 9.17) is 20.6 Å². The summed E-state index contributed by atoms with van der Waals surface area (Å²) in [5, 5.41) is 35.6. The smallest absolute Gasteiger partial charge is 0.200 e. The fourth-order valence-electron chi connectivity index (χ4n) is 0.856. The SMILES string of the molecule is Cc1c(C#N)cc(O)c(O)c1O. The summed E-state index contributed by atoms with van der Waals surface area (Å²) in [6.45, 7) is 1.48. The lowest BCUT2D eigenvalue weighted by Gasteiger charge is -2.04. The van der Waals surface area contributed by atoms with E-state index >= 15 is 0 Å². The summed E-state index contributed by atoms with van der Waals surface area (Å²) in [6, 6.07) is 2.87. The van der Waals surface area contributed by atoms with Gasteiger partial charge < -0.3 is 15.3 Å². The molecule has 1 aromatic rings. The van der Waals surface area contributed by atoms with Gasteiger partial charge in [0.05, 0.1) is 11.6 Å². The summed E-state index contributed by atoms with van der Waals surface area (Å²) in [4.78, 5) is 0. The van der Waals surface area contributed by atoms with Crippen LogP contribution in [0.15, 0.2) is 6.07 Å². The molecule has 0 saturated heterocycles. The second-order valence-electron chi connectivity index (χ2n) is 2.38. The lowest BCUT2D eigenvalue weighted by molar-refractivity contribution is 0.366. The molecule has 0 spiro atoms. The molecule has 1 aromatic carbocycles. The predicted octanol–water partition coefficient (Wildman–Crippen LogP) is 0.983. The maximum atomic E-state index is 9.14. The van der Waals surface area contributed by atoms with Crippen LogP contribution in [0.5, 0.6) is 17.2 Å².